The first-order chi connectivity index (χ1) is 20.4. The highest BCUT2D eigenvalue weighted by atomic mass is 16.3. The smallest absolute Gasteiger partial charge is 0.224 e. The number of aliphatic hydroxyl groups excluding tert-OH is 2. The van der Waals surface area contributed by atoms with Gasteiger partial charge in [-0.05, 0) is 49.9 Å². The molecule has 2 amide bonds. The summed E-state index contributed by atoms with van der Waals surface area (Å²) in [5.41, 5.74) is 1.63. The summed E-state index contributed by atoms with van der Waals surface area (Å²) in [6.45, 7) is 4.43. The predicted octanol–water partition coefficient (Wildman–Crippen LogP) is 9.03. The van der Waals surface area contributed by atoms with Crippen molar-refractivity contribution in [3.63, 3.8) is 0 Å². The fourth-order valence-electron chi connectivity index (χ4n) is 4.69. The molecule has 0 bridgehead atoms. The van der Waals surface area contributed by atoms with Gasteiger partial charge in [0, 0.05) is 24.2 Å². The summed E-state index contributed by atoms with van der Waals surface area (Å²) in [5, 5.41) is 25.4. The van der Waals surface area contributed by atoms with Crippen LogP contribution in [0.3, 0.4) is 0 Å². The monoisotopic (exact) mass is 582 g/mol. The zero-order valence-electron chi connectivity index (χ0n) is 26.4. The lowest BCUT2D eigenvalue weighted by Gasteiger charge is -2.10. The fraction of sp³-hybridized carbons (Fsp3) is 0.611. The number of amides is 2. The standard InChI is InChI=1S/2C18H29NO2/c2*1-2-3-4-5-6-10-13-17(20)14-15-18(21)19-16-11-8-7-9-12-16/h2*7-9,11-12,17,20H,2-6,10,13-15H2,1H3,(H,19,21). The van der Waals surface area contributed by atoms with Crippen LogP contribution in [0.5, 0.6) is 0 Å². The second-order valence-corrected chi connectivity index (χ2v) is 11.3. The van der Waals surface area contributed by atoms with Gasteiger partial charge in [0.05, 0.1) is 12.2 Å². The summed E-state index contributed by atoms with van der Waals surface area (Å²) < 4.78 is 0. The molecule has 0 aliphatic carbocycles. The van der Waals surface area contributed by atoms with Crippen molar-refractivity contribution in [2.45, 2.75) is 142 Å². The quantitative estimate of drug-likeness (QED) is 0.104. The van der Waals surface area contributed by atoms with E-state index in [2.05, 4.69) is 24.5 Å². The molecular formula is C36H58N2O4. The largest absolute Gasteiger partial charge is 0.393 e. The van der Waals surface area contributed by atoms with Crippen LogP contribution in [-0.4, -0.2) is 34.2 Å². The molecule has 2 aromatic carbocycles. The maximum absolute atomic E-state index is 11.7. The lowest BCUT2D eigenvalue weighted by Crippen LogP contribution is -2.15. The Morgan fingerprint density at radius 1 is 0.524 bits per heavy atom. The second-order valence-electron chi connectivity index (χ2n) is 11.3. The van der Waals surface area contributed by atoms with Gasteiger partial charge in [0.15, 0.2) is 0 Å². The number of hydrogen-bond acceptors (Lipinski definition) is 4. The van der Waals surface area contributed by atoms with Gasteiger partial charge < -0.3 is 20.8 Å². The average molecular weight is 583 g/mol. The van der Waals surface area contributed by atoms with Crippen molar-refractivity contribution in [1.82, 2.24) is 0 Å². The van der Waals surface area contributed by atoms with Gasteiger partial charge in [-0.2, -0.15) is 0 Å². The fourth-order valence-corrected chi connectivity index (χ4v) is 4.69. The minimum absolute atomic E-state index is 0.0248. The molecule has 42 heavy (non-hydrogen) atoms. The molecule has 0 saturated carbocycles. The van der Waals surface area contributed by atoms with Gasteiger partial charge in [0.25, 0.3) is 0 Å². The molecule has 0 saturated heterocycles. The Bertz CT molecular complexity index is 832. The molecule has 0 aliphatic rings. The summed E-state index contributed by atoms with van der Waals surface area (Å²) in [6.07, 6.45) is 17.5. The van der Waals surface area contributed by atoms with E-state index in [0.717, 1.165) is 37.1 Å². The number of unbranched alkanes of at least 4 members (excludes halogenated alkanes) is 10. The number of carbonyl (C=O) groups excluding carboxylic acids is 2. The van der Waals surface area contributed by atoms with E-state index in [4.69, 9.17) is 0 Å². The van der Waals surface area contributed by atoms with Crippen molar-refractivity contribution in [2.24, 2.45) is 0 Å². The van der Waals surface area contributed by atoms with Crippen LogP contribution in [0.15, 0.2) is 60.7 Å². The third-order valence-electron chi connectivity index (χ3n) is 7.31. The van der Waals surface area contributed by atoms with E-state index in [-0.39, 0.29) is 24.0 Å². The second kappa shape index (κ2) is 26.0. The molecule has 0 aromatic heterocycles. The molecule has 0 aliphatic heterocycles. The molecule has 2 atom stereocenters. The highest BCUT2D eigenvalue weighted by molar-refractivity contribution is 5.91. The Kier molecular flexibility index (Phi) is 23.1. The lowest BCUT2D eigenvalue weighted by molar-refractivity contribution is -0.117. The van der Waals surface area contributed by atoms with Crippen LogP contribution in [0.1, 0.15) is 129 Å². The molecule has 0 fully saturated rings. The maximum Gasteiger partial charge on any atom is 0.224 e. The molecule has 0 radical (unpaired) electrons. The number of hydrogen-bond donors (Lipinski definition) is 4. The summed E-state index contributed by atoms with van der Waals surface area (Å²) in [6, 6.07) is 18.9. The Morgan fingerprint density at radius 2 is 0.857 bits per heavy atom. The Hall–Kier alpha value is -2.70. The zero-order valence-corrected chi connectivity index (χ0v) is 26.4. The molecule has 6 heteroatoms. The first-order valence-electron chi connectivity index (χ1n) is 16.5. The van der Waals surface area contributed by atoms with Gasteiger partial charge in [0.2, 0.25) is 11.8 Å². The predicted molar refractivity (Wildman–Crippen MR) is 177 cm³/mol. The molecular weight excluding hydrogens is 524 g/mol. The van der Waals surface area contributed by atoms with Crippen LogP contribution in [-0.2, 0) is 9.59 Å². The van der Waals surface area contributed by atoms with E-state index in [9.17, 15) is 19.8 Å². The number of para-hydroxylation sites is 2. The Labute approximate surface area is 255 Å². The Balaban J connectivity index is 0.000000420. The number of carbonyl (C=O) groups is 2. The number of nitrogens with one attached hydrogen (secondary N) is 2. The van der Waals surface area contributed by atoms with Crippen molar-refractivity contribution in [1.29, 1.82) is 0 Å². The number of aliphatic hydroxyl groups is 2. The van der Waals surface area contributed by atoms with Crippen molar-refractivity contribution in [3.05, 3.63) is 60.7 Å². The normalized spacial score (nSPS) is 12.1. The van der Waals surface area contributed by atoms with Gasteiger partial charge in [-0.15, -0.1) is 0 Å². The average Bonchev–Trinajstić information content (AvgIpc) is 3.00. The molecule has 4 N–H and O–H groups in total. The van der Waals surface area contributed by atoms with Gasteiger partial charge in [-0.3, -0.25) is 9.59 Å². The molecule has 0 spiro atoms. The SMILES string of the molecule is CCCCCCCCC(O)CCC(=O)Nc1ccccc1.CCCCCCCCC(O)CCC(=O)Nc1ccccc1. The van der Waals surface area contributed by atoms with E-state index in [1.165, 1.54) is 64.2 Å². The highest BCUT2D eigenvalue weighted by Crippen LogP contribution is 2.14. The minimum atomic E-state index is -0.349. The van der Waals surface area contributed by atoms with Crippen LogP contribution in [0.25, 0.3) is 0 Å². The number of benzene rings is 2. The van der Waals surface area contributed by atoms with Crippen molar-refractivity contribution in [3.8, 4) is 0 Å². The number of rotatable bonds is 22. The minimum Gasteiger partial charge on any atom is -0.393 e. The molecule has 0 heterocycles. The Morgan fingerprint density at radius 3 is 1.21 bits per heavy atom. The lowest BCUT2D eigenvalue weighted by atomic mass is 10.0. The first kappa shape index (κ1) is 37.3. The molecule has 236 valence electrons. The topological polar surface area (TPSA) is 98.7 Å². The summed E-state index contributed by atoms with van der Waals surface area (Å²) in [4.78, 5) is 23.5. The van der Waals surface area contributed by atoms with Crippen molar-refractivity contribution >= 4 is 23.2 Å². The van der Waals surface area contributed by atoms with Crippen LogP contribution in [0.4, 0.5) is 11.4 Å². The maximum atomic E-state index is 11.7. The summed E-state index contributed by atoms with van der Waals surface area (Å²) >= 11 is 0. The van der Waals surface area contributed by atoms with Crippen LogP contribution >= 0.6 is 0 Å². The van der Waals surface area contributed by atoms with E-state index in [0.29, 0.717) is 25.7 Å². The molecule has 2 unspecified atom stereocenters. The number of anilines is 2. The van der Waals surface area contributed by atoms with Gasteiger partial charge >= 0.3 is 0 Å². The van der Waals surface area contributed by atoms with E-state index >= 15 is 0 Å². The summed E-state index contributed by atoms with van der Waals surface area (Å²) in [7, 11) is 0. The van der Waals surface area contributed by atoms with E-state index in [1.54, 1.807) is 0 Å². The zero-order chi connectivity index (χ0) is 30.7. The van der Waals surface area contributed by atoms with Gasteiger partial charge in [0.1, 0.15) is 0 Å². The van der Waals surface area contributed by atoms with Crippen molar-refractivity contribution < 1.29 is 19.8 Å². The van der Waals surface area contributed by atoms with Crippen LogP contribution in [0, 0.1) is 0 Å². The van der Waals surface area contributed by atoms with E-state index < -0.39 is 0 Å². The first-order valence-corrected chi connectivity index (χ1v) is 16.5. The van der Waals surface area contributed by atoms with Gasteiger partial charge in [-0.1, -0.05) is 127 Å². The van der Waals surface area contributed by atoms with Crippen LogP contribution in [0.2, 0.25) is 0 Å². The molecule has 6 nitrogen and oxygen atoms in total. The third-order valence-corrected chi connectivity index (χ3v) is 7.31. The van der Waals surface area contributed by atoms with Crippen molar-refractivity contribution in [2.75, 3.05) is 10.6 Å². The molecule has 2 rings (SSSR count). The highest BCUT2D eigenvalue weighted by Gasteiger charge is 2.09. The van der Waals surface area contributed by atoms with E-state index in [1.807, 2.05) is 60.7 Å². The molecule has 2 aromatic rings. The summed E-state index contributed by atoms with van der Waals surface area (Å²) in [5.74, 6) is -0.0496. The van der Waals surface area contributed by atoms with Crippen LogP contribution < -0.4 is 10.6 Å². The van der Waals surface area contributed by atoms with Gasteiger partial charge in [-0.25, -0.2) is 0 Å². The third kappa shape index (κ3) is 22.0.